The summed E-state index contributed by atoms with van der Waals surface area (Å²) < 4.78 is 23.8. The van der Waals surface area contributed by atoms with Gasteiger partial charge in [-0.25, -0.2) is 4.39 Å². The molecule has 1 unspecified atom stereocenters. The Labute approximate surface area is 153 Å². The van der Waals surface area contributed by atoms with Crippen LogP contribution in [-0.2, 0) is 4.79 Å². The average molecular weight is 357 g/mol. The van der Waals surface area contributed by atoms with Gasteiger partial charge in [0, 0.05) is 6.54 Å². The fraction of sp³-hybridized carbons (Fsp3) is 0.381. The fourth-order valence-electron chi connectivity index (χ4n) is 3.34. The van der Waals surface area contributed by atoms with Gasteiger partial charge in [0.25, 0.3) is 5.91 Å². The van der Waals surface area contributed by atoms with E-state index < -0.39 is 0 Å². The second-order valence-corrected chi connectivity index (χ2v) is 6.47. The van der Waals surface area contributed by atoms with Crippen molar-refractivity contribution in [3.05, 3.63) is 59.9 Å². The molecule has 26 heavy (non-hydrogen) atoms. The summed E-state index contributed by atoms with van der Waals surface area (Å²) in [6.07, 6.45) is 4.15. The molecule has 1 heterocycles. The summed E-state index contributed by atoms with van der Waals surface area (Å²) >= 11 is 0. The van der Waals surface area contributed by atoms with Gasteiger partial charge in [0.05, 0.1) is 13.2 Å². The molecule has 0 N–H and O–H groups in total. The predicted octanol–water partition coefficient (Wildman–Crippen LogP) is 4.36. The van der Waals surface area contributed by atoms with Crippen LogP contribution in [0, 0.1) is 5.82 Å². The molecule has 0 radical (unpaired) electrons. The van der Waals surface area contributed by atoms with Crippen molar-refractivity contribution in [2.24, 2.45) is 0 Å². The first-order valence-electron chi connectivity index (χ1n) is 8.99. The zero-order valence-electron chi connectivity index (χ0n) is 15.0. The Morgan fingerprint density at radius 3 is 2.42 bits per heavy atom. The van der Waals surface area contributed by atoms with Gasteiger partial charge in [-0.15, -0.1) is 0 Å². The number of hydrogen-bond acceptors (Lipinski definition) is 3. The Kier molecular flexibility index (Phi) is 6.10. The van der Waals surface area contributed by atoms with Crippen LogP contribution in [0.1, 0.15) is 37.3 Å². The standard InChI is InChI=1S/C21H24FNO3/c1-25-18-10-6-16(7-11-18)20-5-3-2-4-14-23(20)21(24)15-26-19-12-8-17(22)9-13-19/h6-13,20H,2-5,14-15H2,1H3. The Balaban J connectivity index is 1.70. The molecule has 1 saturated heterocycles. The smallest absolute Gasteiger partial charge is 0.261 e. The SMILES string of the molecule is COc1ccc(C2CCCCCN2C(=O)COc2ccc(F)cc2)cc1. The van der Waals surface area contributed by atoms with E-state index in [1.54, 1.807) is 7.11 Å². The van der Waals surface area contributed by atoms with Crippen molar-refractivity contribution in [3.63, 3.8) is 0 Å². The highest BCUT2D eigenvalue weighted by molar-refractivity contribution is 5.78. The third-order valence-electron chi connectivity index (χ3n) is 4.75. The van der Waals surface area contributed by atoms with Crippen molar-refractivity contribution < 1.29 is 18.7 Å². The van der Waals surface area contributed by atoms with Crippen LogP contribution in [0.3, 0.4) is 0 Å². The van der Waals surface area contributed by atoms with Gasteiger partial charge in [-0.1, -0.05) is 25.0 Å². The molecule has 2 aromatic carbocycles. The maximum absolute atomic E-state index is 13.0. The number of amides is 1. The zero-order chi connectivity index (χ0) is 18.4. The van der Waals surface area contributed by atoms with Crippen LogP contribution < -0.4 is 9.47 Å². The normalized spacial score (nSPS) is 17.5. The fourth-order valence-corrected chi connectivity index (χ4v) is 3.34. The van der Waals surface area contributed by atoms with Crippen molar-refractivity contribution >= 4 is 5.91 Å². The van der Waals surface area contributed by atoms with E-state index in [1.807, 2.05) is 29.2 Å². The van der Waals surface area contributed by atoms with Crippen LogP contribution in [0.25, 0.3) is 0 Å². The molecular formula is C21H24FNO3. The first kappa shape index (κ1) is 18.2. The number of rotatable bonds is 5. The Morgan fingerprint density at radius 1 is 1.04 bits per heavy atom. The van der Waals surface area contributed by atoms with Crippen molar-refractivity contribution in [2.45, 2.75) is 31.7 Å². The summed E-state index contributed by atoms with van der Waals surface area (Å²) in [7, 11) is 1.64. The lowest BCUT2D eigenvalue weighted by Crippen LogP contribution is -2.38. The van der Waals surface area contributed by atoms with Crippen molar-refractivity contribution in [1.82, 2.24) is 4.90 Å². The van der Waals surface area contributed by atoms with E-state index in [1.165, 1.54) is 24.3 Å². The minimum atomic E-state index is -0.323. The monoisotopic (exact) mass is 357 g/mol. The summed E-state index contributed by atoms with van der Waals surface area (Å²) in [6, 6.07) is 13.7. The Morgan fingerprint density at radius 2 is 1.73 bits per heavy atom. The lowest BCUT2D eigenvalue weighted by atomic mass is 10.0. The van der Waals surface area contributed by atoms with Crippen LogP contribution >= 0.6 is 0 Å². The van der Waals surface area contributed by atoms with Gasteiger partial charge in [0.2, 0.25) is 0 Å². The third kappa shape index (κ3) is 4.54. The molecular weight excluding hydrogens is 333 g/mol. The van der Waals surface area contributed by atoms with Gasteiger partial charge >= 0.3 is 0 Å². The topological polar surface area (TPSA) is 38.8 Å². The lowest BCUT2D eigenvalue weighted by Gasteiger charge is -2.30. The molecule has 1 aliphatic rings. The molecule has 1 fully saturated rings. The highest BCUT2D eigenvalue weighted by atomic mass is 19.1. The number of nitrogens with zero attached hydrogens (tertiary/aromatic N) is 1. The van der Waals surface area contributed by atoms with Crippen LogP contribution in [-0.4, -0.2) is 31.1 Å². The van der Waals surface area contributed by atoms with Gasteiger partial charge < -0.3 is 14.4 Å². The molecule has 138 valence electrons. The number of likely N-dealkylation sites (tertiary alicyclic amines) is 1. The van der Waals surface area contributed by atoms with E-state index in [-0.39, 0.29) is 24.4 Å². The van der Waals surface area contributed by atoms with E-state index in [9.17, 15) is 9.18 Å². The highest BCUT2D eigenvalue weighted by Gasteiger charge is 2.27. The van der Waals surface area contributed by atoms with Gasteiger partial charge in [0.15, 0.2) is 6.61 Å². The van der Waals surface area contributed by atoms with Crippen molar-refractivity contribution in [1.29, 1.82) is 0 Å². The maximum atomic E-state index is 13.0. The quantitative estimate of drug-likeness (QED) is 0.798. The van der Waals surface area contributed by atoms with E-state index >= 15 is 0 Å². The molecule has 1 atom stereocenters. The summed E-state index contributed by atoms with van der Waals surface area (Å²) in [4.78, 5) is 14.7. The van der Waals surface area contributed by atoms with Crippen LogP contribution in [0.2, 0.25) is 0 Å². The summed E-state index contributed by atoms with van der Waals surface area (Å²) in [5.41, 5.74) is 1.11. The second-order valence-electron chi connectivity index (χ2n) is 6.47. The molecule has 5 heteroatoms. The first-order chi connectivity index (χ1) is 12.7. The molecule has 0 spiro atoms. The number of benzene rings is 2. The van der Waals surface area contributed by atoms with E-state index in [0.717, 1.165) is 43.5 Å². The van der Waals surface area contributed by atoms with Crippen LogP contribution in [0.15, 0.2) is 48.5 Å². The van der Waals surface area contributed by atoms with E-state index in [0.29, 0.717) is 5.75 Å². The average Bonchev–Trinajstić information content (AvgIpc) is 2.93. The van der Waals surface area contributed by atoms with Gasteiger partial charge in [-0.2, -0.15) is 0 Å². The predicted molar refractivity (Wildman–Crippen MR) is 97.8 cm³/mol. The first-order valence-corrected chi connectivity index (χ1v) is 8.99. The molecule has 0 aromatic heterocycles. The Hall–Kier alpha value is -2.56. The molecule has 3 rings (SSSR count). The molecule has 2 aromatic rings. The van der Waals surface area contributed by atoms with Gasteiger partial charge in [-0.3, -0.25) is 4.79 Å². The number of carbonyl (C=O) groups excluding carboxylic acids is 1. The highest BCUT2D eigenvalue weighted by Crippen LogP contribution is 2.31. The largest absolute Gasteiger partial charge is 0.497 e. The van der Waals surface area contributed by atoms with Gasteiger partial charge in [0.1, 0.15) is 17.3 Å². The molecule has 1 aliphatic heterocycles. The number of halogens is 1. The summed E-state index contributed by atoms with van der Waals surface area (Å²) in [5.74, 6) is 0.934. The van der Waals surface area contributed by atoms with E-state index in [4.69, 9.17) is 9.47 Å². The van der Waals surface area contributed by atoms with Crippen molar-refractivity contribution in [2.75, 3.05) is 20.3 Å². The van der Waals surface area contributed by atoms with Crippen molar-refractivity contribution in [3.8, 4) is 11.5 Å². The van der Waals surface area contributed by atoms with Gasteiger partial charge in [-0.05, 0) is 54.8 Å². The van der Waals surface area contributed by atoms with Crippen LogP contribution in [0.5, 0.6) is 11.5 Å². The molecule has 0 aliphatic carbocycles. The third-order valence-corrected chi connectivity index (χ3v) is 4.75. The number of hydrogen-bond donors (Lipinski definition) is 0. The minimum Gasteiger partial charge on any atom is -0.497 e. The molecule has 4 nitrogen and oxygen atoms in total. The summed E-state index contributed by atoms with van der Waals surface area (Å²) in [5, 5.41) is 0. The summed E-state index contributed by atoms with van der Waals surface area (Å²) in [6.45, 7) is 0.681. The number of methoxy groups -OCH3 is 1. The van der Waals surface area contributed by atoms with E-state index in [2.05, 4.69) is 0 Å². The number of carbonyl (C=O) groups is 1. The van der Waals surface area contributed by atoms with Crippen LogP contribution in [0.4, 0.5) is 4.39 Å². The maximum Gasteiger partial charge on any atom is 0.261 e. The Bertz CT molecular complexity index is 715. The second kappa shape index (κ2) is 8.70. The number of ether oxygens (including phenoxy) is 2. The molecule has 1 amide bonds. The molecule has 0 bridgehead atoms. The lowest BCUT2D eigenvalue weighted by molar-refractivity contribution is -0.135. The molecule has 0 saturated carbocycles. The minimum absolute atomic E-state index is 0.0434. The zero-order valence-corrected chi connectivity index (χ0v) is 15.0.